The summed E-state index contributed by atoms with van der Waals surface area (Å²) in [6.45, 7) is 4.46. The zero-order valence-corrected chi connectivity index (χ0v) is 14.2. The first-order valence-corrected chi connectivity index (χ1v) is 7.79. The molecule has 0 fully saturated rings. The largest absolute Gasteiger partial charge is 1.00 e. The number of rotatable bonds is 5. The van der Waals surface area contributed by atoms with E-state index in [-0.39, 0.29) is 34.4 Å². The predicted molar refractivity (Wildman–Crippen MR) is 87.2 cm³/mol. The van der Waals surface area contributed by atoms with Crippen LogP contribution in [-0.4, -0.2) is 12.1 Å². The van der Waals surface area contributed by atoms with Gasteiger partial charge in [-0.25, -0.2) is 0 Å². The van der Waals surface area contributed by atoms with E-state index in [1.54, 1.807) is 6.07 Å². The number of ether oxygens (including phenoxy) is 1. The van der Waals surface area contributed by atoms with Crippen molar-refractivity contribution in [3.63, 3.8) is 0 Å². The van der Waals surface area contributed by atoms with Crippen molar-refractivity contribution in [3.8, 4) is 5.75 Å². The molecular weight excluding hydrogens is 298 g/mol. The molecule has 0 saturated heterocycles. The van der Waals surface area contributed by atoms with Crippen molar-refractivity contribution in [1.29, 1.82) is 0 Å². The van der Waals surface area contributed by atoms with E-state index in [1.165, 1.54) is 0 Å². The molecule has 0 aliphatic heterocycles. The molecule has 2 nitrogen and oxygen atoms in total. The van der Waals surface area contributed by atoms with Crippen molar-refractivity contribution in [2.24, 2.45) is 0 Å². The minimum atomic E-state index is 0. The fourth-order valence-corrected chi connectivity index (χ4v) is 3.20. The molecule has 0 aliphatic rings. The Morgan fingerprint density at radius 3 is 2.62 bits per heavy atom. The van der Waals surface area contributed by atoms with Gasteiger partial charge >= 0.3 is 18.9 Å². The van der Waals surface area contributed by atoms with Crippen molar-refractivity contribution < 1.29 is 29.8 Å². The third-order valence-corrected chi connectivity index (χ3v) is 4.56. The molecule has 1 atom stereocenters. The van der Waals surface area contributed by atoms with Crippen LogP contribution in [0.5, 0.6) is 5.75 Å². The van der Waals surface area contributed by atoms with Crippen LogP contribution in [-0.2, 0) is 0 Å². The second-order valence-electron chi connectivity index (χ2n) is 4.34. The molecular formula is C16H17ClLiO2P. The number of benzene rings is 2. The van der Waals surface area contributed by atoms with Gasteiger partial charge in [0.05, 0.1) is 11.6 Å². The molecule has 0 bridgehead atoms. The van der Waals surface area contributed by atoms with Crippen molar-refractivity contribution in [2.75, 3.05) is 6.61 Å². The van der Waals surface area contributed by atoms with Crippen LogP contribution in [0, 0.1) is 6.92 Å². The van der Waals surface area contributed by atoms with Crippen molar-refractivity contribution in [1.82, 2.24) is 0 Å². The van der Waals surface area contributed by atoms with Gasteiger partial charge in [-0.1, -0.05) is 35.9 Å². The van der Waals surface area contributed by atoms with Crippen LogP contribution >= 0.6 is 20.2 Å². The average Bonchev–Trinajstić information content (AvgIpc) is 2.42. The summed E-state index contributed by atoms with van der Waals surface area (Å²) in [6.07, 6.45) is 0. The van der Waals surface area contributed by atoms with Crippen LogP contribution in [0.1, 0.15) is 24.3 Å². The van der Waals surface area contributed by atoms with Crippen LogP contribution in [0.3, 0.4) is 0 Å². The van der Waals surface area contributed by atoms with Crippen LogP contribution in [0.2, 0.25) is 5.02 Å². The zero-order valence-electron chi connectivity index (χ0n) is 13.4. The van der Waals surface area contributed by atoms with Gasteiger partial charge in [0.15, 0.2) is 5.52 Å². The molecule has 2 aromatic carbocycles. The van der Waals surface area contributed by atoms with Gasteiger partial charge in [-0.15, -0.1) is 0 Å². The Labute approximate surface area is 145 Å². The van der Waals surface area contributed by atoms with E-state index >= 15 is 0 Å². The summed E-state index contributed by atoms with van der Waals surface area (Å²) in [7, 11) is 0.0230. The first-order chi connectivity index (χ1) is 9.61. The molecule has 106 valence electrons. The minimum absolute atomic E-state index is 0. The summed E-state index contributed by atoms with van der Waals surface area (Å²) in [6, 6.07) is 13.1. The van der Waals surface area contributed by atoms with Gasteiger partial charge in [0.25, 0.3) is 0 Å². The maximum atomic E-state index is 12.3. The summed E-state index contributed by atoms with van der Waals surface area (Å²) in [5, 5.41) is 1.43. The zero-order chi connectivity index (χ0) is 14.5. The molecule has 0 radical (unpaired) electrons. The summed E-state index contributed by atoms with van der Waals surface area (Å²) < 4.78 is 5.38. The van der Waals surface area contributed by atoms with Crippen molar-refractivity contribution in [3.05, 3.63) is 58.6 Å². The molecule has 0 N–H and O–H groups in total. The fraction of sp³-hybridized carbons (Fsp3) is 0.188. The van der Waals surface area contributed by atoms with Crippen molar-refractivity contribution in [2.45, 2.75) is 13.8 Å². The summed E-state index contributed by atoms with van der Waals surface area (Å²) in [5.74, 6) is 0.731. The number of carbonyl (C=O) groups excluding carboxylic acids is 1. The molecule has 0 spiro atoms. The third-order valence-electron chi connectivity index (χ3n) is 2.89. The fourth-order valence-electron chi connectivity index (χ4n) is 1.87. The Balaban J connectivity index is 0.00000220. The van der Waals surface area contributed by atoms with Crippen LogP contribution < -0.4 is 28.9 Å². The molecule has 0 amide bonds. The summed E-state index contributed by atoms with van der Waals surface area (Å²) in [4.78, 5) is 12.3. The van der Waals surface area contributed by atoms with Crippen molar-refractivity contribution >= 4 is 31.0 Å². The minimum Gasteiger partial charge on any atom is -1.00 e. The van der Waals surface area contributed by atoms with Gasteiger partial charge in [-0.05, 0) is 51.5 Å². The number of aryl methyl sites for hydroxylation is 1. The maximum Gasteiger partial charge on any atom is 1.00 e. The molecule has 21 heavy (non-hydrogen) atoms. The molecule has 0 heterocycles. The van der Waals surface area contributed by atoms with Gasteiger partial charge in [-0.3, -0.25) is 4.79 Å². The first-order valence-electron chi connectivity index (χ1n) is 6.41. The molecule has 2 rings (SSSR count). The predicted octanol–water partition coefficient (Wildman–Crippen LogP) is 1.31. The van der Waals surface area contributed by atoms with Gasteiger partial charge in [-0.2, -0.15) is 0 Å². The molecule has 0 aromatic heterocycles. The van der Waals surface area contributed by atoms with Crippen LogP contribution in [0.4, 0.5) is 0 Å². The Bertz CT molecular complexity index is 637. The number of hydrogen-bond acceptors (Lipinski definition) is 2. The SMILES string of the molecule is CCOc1ccc(PC(=O)c2ccccc2C)c(Cl)c1.[H-].[Li+]. The van der Waals surface area contributed by atoms with E-state index in [2.05, 4.69) is 0 Å². The average molecular weight is 315 g/mol. The molecule has 5 heteroatoms. The van der Waals surface area contributed by atoms with E-state index in [1.807, 2.05) is 50.2 Å². The molecule has 1 unspecified atom stereocenters. The summed E-state index contributed by atoms with van der Waals surface area (Å²) >= 11 is 6.21. The van der Waals surface area contributed by atoms with E-state index < -0.39 is 0 Å². The number of carbonyl (C=O) groups is 1. The summed E-state index contributed by atoms with van der Waals surface area (Å²) in [5.41, 5.74) is 1.86. The first kappa shape index (κ1) is 18.3. The smallest absolute Gasteiger partial charge is 1.00 e. The quantitative estimate of drug-likeness (QED) is 0.614. The van der Waals surface area contributed by atoms with Crippen LogP contribution in [0.15, 0.2) is 42.5 Å². The van der Waals surface area contributed by atoms with Gasteiger partial charge in [0.1, 0.15) is 5.75 Å². The Morgan fingerprint density at radius 1 is 1.29 bits per heavy atom. The van der Waals surface area contributed by atoms with Gasteiger partial charge in [0, 0.05) is 5.56 Å². The van der Waals surface area contributed by atoms with E-state index in [0.717, 1.165) is 22.2 Å². The Morgan fingerprint density at radius 2 is 2.00 bits per heavy atom. The normalized spacial score (nSPS) is 10.4. The Hall–Kier alpha value is -0.773. The number of hydrogen-bond donors (Lipinski definition) is 0. The van der Waals surface area contributed by atoms with E-state index in [0.29, 0.717) is 11.6 Å². The van der Waals surface area contributed by atoms with E-state index in [9.17, 15) is 4.79 Å². The second-order valence-corrected chi connectivity index (χ2v) is 5.99. The monoisotopic (exact) mass is 314 g/mol. The molecule has 0 saturated carbocycles. The molecule has 2 aromatic rings. The second kappa shape index (κ2) is 8.62. The van der Waals surface area contributed by atoms with Gasteiger partial charge < -0.3 is 6.16 Å². The standard InChI is InChI=1S/C16H16ClO2P.Li.H/c1-3-19-12-8-9-15(14(17)10-12)20-16(18)13-7-5-4-6-11(13)2;;/h4-10,20H,3H2,1-2H3;;/q;+1;-1. The van der Waals surface area contributed by atoms with Gasteiger partial charge in [0.2, 0.25) is 0 Å². The third kappa shape index (κ3) is 4.87. The Kier molecular flexibility index (Phi) is 7.50. The van der Waals surface area contributed by atoms with Crippen LogP contribution in [0.25, 0.3) is 0 Å². The number of halogens is 1. The maximum absolute atomic E-state index is 12.3. The molecule has 0 aliphatic carbocycles. The van der Waals surface area contributed by atoms with E-state index in [4.69, 9.17) is 16.3 Å². The topological polar surface area (TPSA) is 26.3 Å².